The maximum absolute atomic E-state index is 11.8. The molecule has 88 valence electrons. The Labute approximate surface area is 94.8 Å². The van der Waals surface area contributed by atoms with Crippen molar-refractivity contribution in [1.29, 1.82) is 0 Å². The molecule has 5 nitrogen and oxygen atoms in total. The molecule has 1 aliphatic rings. The zero-order chi connectivity index (χ0) is 11.8. The van der Waals surface area contributed by atoms with Gasteiger partial charge in [0.05, 0.1) is 17.8 Å². The van der Waals surface area contributed by atoms with Crippen LogP contribution in [-0.4, -0.2) is 28.2 Å². The number of aromatic amines is 2. The van der Waals surface area contributed by atoms with Crippen LogP contribution in [0.3, 0.4) is 0 Å². The van der Waals surface area contributed by atoms with Crippen molar-refractivity contribution in [2.45, 2.75) is 39.3 Å². The van der Waals surface area contributed by atoms with Gasteiger partial charge in [-0.05, 0) is 20.8 Å². The minimum Gasteiger partial charge on any atom is -0.444 e. The average molecular weight is 224 g/mol. The van der Waals surface area contributed by atoms with Crippen molar-refractivity contribution in [2.75, 3.05) is 6.54 Å². The number of ether oxygens (including phenoxy) is 1. The van der Waals surface area contributed by atoms with E-state index in [2.05, 4.69) is 10.2 Å². The summed E-state index contributed by atoms with van der Waals surface area (Å²) in [6.45, 7) is 6.96. The number of amides is 1. The number of carbonyl (C=O) groups excluding carboxylic acids is 1. The maximum Gasteiger partial charge on any atom is 0.410 e. The molecule has 0 radical (unpaired) electrons. The molecule has 0 saturated heterocycles. The lowest BCUT2D eigenvalue weighted by molar-refractivity contribution is -0.450. The van der Waals surface area contributed by atoms with Crippen LogP contribution in [0, 0.1) is 0 Å². The molecule has 2 rings (SSSR count). The summed E-state index contributed by atoms with van der Waals surface area (Å²) in [5.41, 5.74) is 1.89. The van der Waals surface area contributed by atoms with Crippen LogP contribution in [0.1, 0.15) is 32.0 Å². The quantitative estimate of drug-likeness (QED) is 0.718. The number of aromatic nitrogens is 2. The van der Waals surface area contributed by atoms with Crippen molar-refractivity contribution >= 4 is 6.09 Å². The van der Waals surface area contributed by atoms with E-state index < -0.39 is 5.60 Å². The largest absolute Gasteiger partial charge is 0.444 e. The van der Waals surface area contributed by atoms with Gasteiger partial charge in [0.15, 0.2) is 6.20 Å². The van der Waals surface area contributed by atoms with Crippen LogP contribution in [-0.2, 0) is 17.7 Å². The van der Waals surface area contributed by atoms with Crippen molar-refractivity contribution in [2.24, 2.45) is 0 Å². The van der Waals surface area contributed by atoms with Crippen LogP contribution in [0.25, 0.3) is 0 Å². The summed E-state index contributed by atoms with van der Waals surface area (Å²) in [5.74, 6) is 0. The van der Waals surface area contributed by atoms with Gasteiger partial charge in [-0.1, -0.05) is 0 Å². The third kappa shape index (κ3) is 2.35. The summed E-state index contributed by atoms with van der Waals surface area (Å²) in [5, 5.41) is 6.01. The summed E-state index contributed by atoms with van der Waals surface area (Å²) in [4.78, 5) is 13.6. The fraction of sp³-hybridized carbons (Fsp3) is 0.636. The van der Waals surface area contributed by atoms with E-state index in [-0.39, 0.29) is 6.09 Å². The summed E-state index contributed by atoms with van der Waals surface area (Å²) in [6, 6.07) is 0. The van der Waals surface area contributed by atoms with Gasteiger partial charge in [0, 0.05) is 13.0 Å². The van der Waals surface area contributed by atoms with Crippen molar-refractivity contribution in [1.82, 2.24) is 10.00 Å². The highest BCUT2D eigenvalue weighted by Crippen LogP contribution is 2.17. The predicted molar refractivity (Wildman–Crippen MR) is 57.7 cm³/mol. The number of hydrogen-bond donors (Lipinski definition) is 1. The second-order valence-electron chi connectivity index (χ2n) is 5.07. The third-order valence-electron chi connectivity index (χ3n) is 2.50. The Morgan fingerprint density at radius 2 is 2.31 bits per heavy atom. The molecule has 0 aliphatic carbocycles. The number of fused-ring (bicyclic) bond motifs is 1. The molecular weight excluding hydrogens is 206 g/mol. The van der Waals surface area contributed by atoms with Crippen LogP contribution in [0.4, 0.5) is 4.79 Å². The van der Waals surface area contributed by atoms with Gasteiger partial charge >= 0.3 is 6.09 Å². The lowest BCUT2D eigenvalue weighted by Crippen LogP contribution is -2.39. The number of nitrogens with zero attached hydrogens (tertiary/aromatic N) is 1. The molecule has 16 heavy (non-hydrogen) atoms. The van der Waals surface area contributed by atoms with Crippen molar-refractivity contribution < 1.29 is 14.6 Å². The monoisotopic (exact) mass is 224 g/mol. The molecule has 1 aliphatic heterocycles. The lowest BCUT2D eigenvalue weighted by atomic mass is 10.1. The molecule has 0 bridgehead atoms. The zero-order valence-electron chi connectivity index (χ0n) is 9.96. The maximum atomic E-state index is 11.8. The predicted octanol–water partition coefficient (Wildman–Crippen LogP) is 1.12. The highest BCUT2D eigenvalue weighted by molar-refractivity contribution is 5.68. The topological polar surface area (TPSA) is 59.5 Å². The van der Waals surface area contributed by atoms with E-state index in [4.69, 9.17) is 4.74 Å². The van der Waals surface area contributed by atoms with E-state index >= 15 is 0 Å². The Morgan fingerprint density at radius 3 is 3.00 bits per heavy atom. The van der Waals surface area contributed by atoms with Crippen LogP contribution in [0.2, 0.25) is 0 Å². The molecule has 0 aromatic carbocycles. The van der Waals surface area contributed by atoms with Gasteiger partial charge in [-0.25, -0.2) is 4.79 Å². The molecule has 0 unspecified atom stereocenters. The molecule has 0 fully saturated rings. The summed E-state index contributed by atoms with van der Waals surface area (Å²) < 4.78 is 5.34. The fourth-order valence-corrected chi connectivity index (χ4v) is 1.76. The minimum atomic E-state index is -0.429. The number of hydrogen-bond acceptors (Lipinski definition) is 2. The lowest BCUT2D eigenvalue weighted by Gasteiger charge is -2.29. The molecule has 1 amide bonds. The van der Waals surface area contributed by atoms with Gasteiger partial charge in [0.1, 0.15) is 5.60 Å². The zero-order valence-corrected chi connectivity index (χ0v) is 9.96. The smallest absolute Gasteiger partial charge is 0.410 e. The second kappa shape index (κ2) is 3.81. The minimum absolute atomic E-state index is 0.237. The number of H-pyrrole nitrogens is 2. The Bertz CT molecular complexity index is 392. The summed E-state index contributed by atoms with van der Waals surface area (Å²) in [7, 11) is 0. The molecule has 0 saturated carbocycles. The van der Waals surface area contributed by atoms with E-state index in [1.165, 1.54) is 5.69 Å². The second-order valence-corrected chi connectivity index (χ2v) is 5.07. The molecule has 5 heteroatoms. The van der Waals surface area contributed by atoms with Gasteiger partial charge < -0.3 is 9.64 Å². The highest BCUT2D eigenvalue weighted by Gasteiger charge is 2.27. The first-order valence-electron chi connectivity index (χ1n) is 5.50. The van der Waals surface area contributed by atoms with E-state index in [0.717, 1.165) is 12.0 Å². The Morgan fingerprint density at radius 1 is 1.56 bits per heavy atom. The van der Waals surface area contributed by atoms with Gasteiger partial charge in [-0.15, -0.1) is 5.10 Å². The van der Waals surface area contributed by atoms with E-state index in [0.29, 0.717) is 13.1 Å². The normalized spacial score (nSPS) is 15.8. The number of nitrogens with one attached hydrogen (secondary N) is 2. The molecule has 0 spiro atoms. The molecule has 1 aromatic heterocycles. The van der Waals surface area contributed by atoms with Gasteiger partial charge in [0.2, 0.25) is 0 Å². The van der Waals surface area contributed by atoms with Gasteiger partial charge in [-0.2, -0.15) is 5.10 Å². The van der Waals surface area contributed by atoms with E-state index in [1.54, 1.807) is 4.90 Å². The van der Waals surface area contributed by atoms with Crippen LogP contribution in [0.15, 0.2) is 6.20 Å². The van der Waals surface area contributed by atoms with Gasteiger partial charge in [0.25, 0.3) is 0 Å². The number of carbonyl (C=O) groups is 1. The molecule has 0 atom stereocenters. The van der Waals surface area contributed by atoms with E-state index in [1.807, 2.05) is 27.0 Å². The van der Waals surface area contributed by atoms with Crippen LogP contribution in [0.5, 0.6) is 0 Å². The fourth-order valence-electron chi connectivity index (χ4n) is 1.76. The van der Waals surface area contributed by atoms with Crippen molar-refractivity contribution in [3.8, 4) is 0 Å². The number of rotatable bonds is 0. The first-order chi connectivity index (χ1) is 7.46. The van der Waals surface area contributed by atoms with Crippen LogP contribution < -0.4 is 5.10 Å². The molecule has 2 N–H and O–H groups in total. The highest BCUT2D eigenvalue weighted by atomic mass is 16.6. The standard InChI is InChI=1S/C11H17N3O2/c1-11(2,3)16-10(15)14-5-4-9-8(7-14)6-12-13-9/h6H,4-5,7H2,1-3H3,(H,12,13)/p+1. The Balaban J connectivity index is 2.01. The van der Waals surface area contributed by atoms with Gasteiger partial charge in [-0.3, -0.25) is 0 Å². The Hall–Kier alpha value is -1.52. The van der Waals surface area contributed by atoms with Crippen molar-refractivity contribution in [3.63, 3.8) is 0 Å². The Kier molecular flexibility index (Phi) is 2.61. The molecule has 2 heterocycles. The summed E-state index contributed by atoms with van der Waals surface area (Å²) >= 11 is 0. The average Bonchev–Trinajstić information content (AvgIpc) is 2.61. The molecule has 1 aromatic rings. The molecular formula is C11H18N3O2+. The first kappa shape index (κ1) is 11.0. The SMILES string of the molecule is CC(C)(C)OC(=O)N1CCc2[nH][nH+]cc2C1. The van der Waals surface area contributed by atoms with E-state index in [9.17, 15) is 4.79 Å². The van der Waals surface area contributed by atoms with Crippen LogP contribution >= 0.6 is 0 Å². The third-order valence-corrected chi connectivity index (χ3v) is 2.50. The van der Waals surface area contributed by atoms with Crippen molar-refractivity contribution in [3.05, 3.63) is 17.5 Å². The first-order valence-corrected chi connectivity index (χ1v) is 5.50. The summed E-state index contributed by atoms with van der Waals surface area (Å²) in [6.07, 6.45) is 2.50.